The number of hydrogen-bond acceptors (Lipinski definition) is 5. The van der Waals surface area contributed by atoms with Crippen LogP contribution in [0.1, 0.15) is 1.43 Å². The standard InChI is InChI=1S/C2H2FO7P.Na.H/c3-9-1(4)2(5)10-11(6,7)8;;/h(H2,6,7,8);;/q;+1;-1. The van der Waals surface area contributed by atoms with Crippen LogP contribution < -0.4 is 29.6 Å². The Labute approximate surface area is 88.8 Å². The molecule has 0 aliphatic heterocycles. The minimum absolute atomic E-state index is 0. The number of rotatable bonds is 1. The van der Waals surface area contributed by atoms with E-state index < -0.39 is 19.8 Å². The van der Waals surface area contributed by atoms with Crippen LogP contribution in [0.15, 0.2) is 0 Å². The molecule has 0 saturated carbocycles. The number of halogens is 1. The van der Waals surface area contributed by atoms with Gasteiger partial charge in [-0.15, -0.1) is 0 Å². The number of carbonyl (C=O) groups excluding carboxylic acids is 2. The Morgan fingerprint density at radius 1 is 1.33 bits per heavy atom. The van der Waals surface area contributed by atoms with Gasteiger partial charge in [0.2, 0.25) is 0 Å². The van der Waals surface area contributed by atoms with Crippen molar-refractivity contribution in [3.8, 4) is 0 Å². The number of phosphoric acid groups is 1. The van der Waals surface area contributed by atoms with Crippen molar-refractivity contribution in [1.82, 2.24) is 0 Å². The molecule has 0 fully saturated rings. The van der Waals surface area contributed by atoms with Crippen molar-refractivity contribution in [2.24, 2.45) is 0 Å². The van der Waals surface area contributed by atoms with Gasteiger partial charge in [-0.1, -0.05) is 0 Å². The van der Waals surface area contributed by atoms with Crippen LogP contribution in [0.2, 0.25) is 0 Å². The molecule has 12 heavy (non-hydrogen) atoms. The molecule has 0 spiro atoms. The first kappa shape index (κ1) is 14.5. The second kappa shape index (κ2) is 5.63. The molecule has 0 bridgehead atoms. The van der Waals surface area contributed by atoms with Gasteiger partial charge in [0.05, 0.1) is 0 Å². The molecule has 0 radical (unpaired) electrons. The van der Waals surface area contributed by atoms with Crippen LogP contribution in [-0.4, -0.2) is 21.7 Å². The Morgan fingerprint density at radius 3 is 2.00 bits per heavy atom. The van der Waals surface area contributed by atoms with E-state index in [0.29, 0.717) is 0 Å². The molecule has 0 atom stereocenters. The molecule has 0 aliphatic carbocycles. The Morgan fingerprint density at radius 2 is 1.75 bits per heavy atom. The van der Waals surface area contributed by atoms with Crippen molar-refractivity contribution in [1.29, 1.82) is 0 Å². The normalized spacial score (nSPS) is 9.58. The predicted octanol–water partition coefficient (Wildman–Crippen LogP) is -3.83. The molecule has 0 heterocycles. The Bertz CT molecular complexity index is 227. The summed E-state index contributed by atoms with van der Waals surface area (Å²) in [6.45, 7) is 0. The largest absolute Gasteiger partial charge is 1.00 e. The summed E-state index contributed by atoms with van der Waals surface area (Å²) in [5, 5.41) is 0. The van der Waals surface area contributed by atoms with Gasteiger partial charge in [0.25, 0.3) is 0 Å². The Hall–Kier alpha value is 0.0200. The molecule has 0 unspecified atom stereocenters. The van der Waals surface area contributed by atoms with E-state index in [1.165, 1.54) is 0 Å². The minimum Gasteiger partial charge on any atom is -1.00 e. The molecular weight excluding hydrogens is 209 g/mol. The summed E-state index contributed by atoms with van der Waals surface area (Å²) in [5.74, 6) is -4.23. The smallest absolute Gasteiger partial charge is 1.00 e. The SMILES string of the molecule is O=C(OF)C(=O)OP(=O)(O)O.[H-].[Na+]. The predicted molar refractivity (Wildman–Crippen MR) is 26.4 cm³/mol. The fourth-order valence-corrected chi connectivity index (χ4v) is 0.467. The van der Waals surface area contributed by atoms with Crippen molar-refractivity contribution >= 4 is 19.8 Å². The van der Waals surface area contributed by atoms with Gasteiger partial charge in [0, 0.05) is 4.53 Å². The van der Waals surface area contributed by atoms with Crippen molar-refractivity contribution in [3.63, 3.8) is 0 Å². The third kappa shape index (κ3) is 6.71. The Balaban J connectivity index is -0.000000500. The van der Waals surface area contributed by atoms with Crippen LogP contribution in [0.25, 0.3) is 0 Å². The summed E-state index contributed by atoms with van der Waals surface area (Å²) in [7, 11) is -5.11. The molecule has 0 amide bonds. The summed E-state index contributed by atoms with van der Waals surface area (Å²) in [4.78, 5) is 37.8. The number of carbonyl (C=O) groups is 2. The summed E-state index contributed by atoms with van der Waals surface area (Å²) >= 11 is 0. The zero-order valence-electron chi connectivity index (χ0n) is 6.76. The van der Waals surface area contributed by atoms with Gasteiger partial charge in [-0.2, -0.15) is 0 Å². The monoisotopic (exact) mass is 212 g/mol. The second-order valence-electron chi connectivity index (χ2n) is 1.23. The molecule has 0 aromatic heterocycles. The van der Waals surface area contributed by atoms with Gasteiger partial charge in [-0.05, 0) is 0 Å². The minimum atomic E-state index is -5.11. The van der Waals surface area contributed by atoms with Gasteiger partial charge in [0.1, 0.15) is 0 Å². The fraction of sp³-hybridized carbons (Fsp3) is 0. The number of hydrogen-bond donors (Lipinski definition) is 2. The summed E-state index contributed by atoms with van der Waals surface area (Å²) < 4.78 is 23.7. The first-order valence-electron chi connectivity index (χ1n) is 1.99. The van der Waals surface area contributed by atoms with Gasteiger partial charge < -0.3 is 5.95 Å². The molecule has 7 nitrogen and oxygen atoms in total. The first-order valence-corrected chi connectivity index (χ1v) is 3.52. The topological polar surface area (TPSA) is 110 Å². The second-order valence-corrected chi connectivity index (χ2v) is 2.40. The van der Waals surface area contributed by atoms with Gasteiger partial charge in [-0.3, -0.25) is 9.79 Å². The van der Waals surface area contributed by atoms with Crippen LogP contribution in [0.4, 0.5) is 4.53 Å². The van der Waals surface area contributed by atoms with Gasteiger partial charge in [0.15, 0.2) is 0 Å². The quantitative estimate of drug-likeness (QED) is 0.260. The van der Waals surface area contributed by atoms with Crippen LogP contribution in [-0.2, 0) is 23.6 Å². The van der Waals surface area contributed by atoms with Crippen molar-refractivity contribution < 1.29 is 68.9 Å². The maximum Gasteiger partial charge on any atom is 1.00 e. The maximum atomic E-state index is 10.8. The van der Waals surface area contributed by atoms with Gasteiger partial charge in [-0.25, -0.2) is 19.1 Å². The van der Waals surface area contributed by atoms with E-state index in [9.17, 15) is 18.7 Å². The molecule has 0 saturated heterocycles. The Kier molecular flexibility index (Phi) is 6.82. The van der Waals surface area contributed by atoms with Gasteiger partial charge >= 0.3 is 49.3 Å². The molecule has 0 aliphatic rings. The van der Waals surface area contributed by atoms with E-state index in [0.717, 1.165) is 0 Å². The molecular formula is C2H3FNaO7P. The third-order valence-corrected chi connectivity index (χ3v) is 0.842. The van der Waals surface area contributed by atoms with Crippen LogP contribution in [0.3, 0.4) is 0 Å². The van der Waals surface area contributed by atoms with Crippen LogP contribution in [0.5, 0.6) is 0 Å². The average Bonchev–Trinajstić information content (AvgIpc) is 1.82. The molecule has 0 aromatic rings. The summed E-state index contributed by atoms with van der Waals surface area (Å²) in [6.07, 6.45) is 0. The maximum absolute atomic E-state index is 10.8. The molecule has 66 valence electrons. The van der Waals surface area contributed by atoms with E-state index in [2.05, 4.69) is 9.47 Å². The van der Waals surface area contributed by atoms with E-state index >= 15 is 0 Å². The van der Waals surface area contributed by atoms with Crippen LogP contribution in [0, 0.1) is 0 Å². The summed E-state index contributed by atoms with van der Waals surface area (Å²) in [5.41, 5.74) is 0. The third-order valence-electron chi connectivity index (χ3n) is 0.439. The van der Waals surface area contributed by atoms with Crippen molar-refractivity contribution in [2.75, 3.05) is 0 Å². The zero-order valence-corrected chi connectivity index (χ0v) is 8.66. The average molecular weight is 212 g/mol. The molecule has 0 rings (SSSR count). The van der Waals surface area contributed by atoms with Crippen molar-refractivity contribution in [2.45, 2.75) is 0 Å². The number of phosphoric ester groups is 1. The van der Waals surface area contributed by atoms with E-state index in [1.54, 1.807) is 0 Å². The van der Waals surface area contributed by atoms with Crippen molar-refractivity contribution in [3.05, 3.63) is 0 Å². The summed E-state index contributed by atoms with van der Waals surface area (Å²) in [6, 6.07) is 0. The van der Waals surface area contributed by atoms with Crippen LogP contribution >= 0.6 is 7.82 Å². The fourth-order valence-electron chi connectivity index (χ4n) is 0.177. The zero-order chi connectivity index (χ0) is 9.07. The molecule has 2 N–H and O–H groups in total. The van der Waals surface area contributed by atoms with E-state index in [-0.39, 0.29) is 31.0 Å². The molecule has 0 aromatic carbocycles. The molecule has 10 heteroatoms. The first-order chi connectivity index (χ1) is 4.87. The van der Waals surface area contributed by atoms with E-state index in [1.807, 2.05) is 0 Å². The van der Waals surface area contributed by atoms with E-state index in [4.69, 9.17) is 9.79 Å².